The van der Waals surface area contributed by atoms with Crippen molar-refractivity contribution in [3.8, 4) is 28.2 Å². The first-order chi connectivity index (χ1) is 20.3. The molecule has 0 saturated carbocycles. The number of hydrogen-bond acceptors (Lipinski definition) is 1. The topological polar surface area (TPSA) is 17.8 Å². The zero-order valence-electron chi connectivity index (χ0n) is 22.3. The van der Waals surface area contributed by atoms with E-state index >= 15 is 0 Å². The minimum atomic E-state index is 0.954. The zero-order chi connectivity index (χ0) is 26.9. The fourth-order valence-corrected chi connectivity index (χ4v) is 6.61. The third-order valence-corrected chi connectivity index (χ3v) is 8.51. The minimum absolute atomic E-state index is 0.954. The first-order valence-corrected chi connectivity index (χ1v) is 14.1. The van der Waals surface area contributed by atoms with E-state index in [0.29, 0.717) is 0 Å². The Kier molecular flexibility index (Phi) is 4.64. The lowest BCUT2D eigenvalue weighted by atomic mass is 9.93. The van der Waals surface area contributed by atoms with Gasteiger partial charge in [0.1, 0.15) is 5.82 Å². The normalized spacial score (nSPS) is 11.9. The fraction of sp³-hybridized carbons (Fsp3) is 0. The number of rotatable bonds is 3. The first kappa shape index (κ1) is 22.4. The highest BCUT2D eigenvalue weighted by atomic mass is 15.1. The summed E-state index contributed by atoms with van der Waals surface area (Å²) in [5.74, 6) is 0.954. The molecule has 0 radical (unpaired) electrons. The highest BCUT2D eigenvalue weighted by Gasteiger charge is 2.22. The van der Waals surface area contributed by atoms with E-state index in [1.165, 1.54) is 54.2 Å². The Hall–Kier alpha value is -5.47. The van der Waals surface area contributed by atoms with E-state index in [4.69, 9.17) is 4.98 Å². The van der Waals surface area contributed by atoms with Gasteiger partial charge >= 0.3 is 0 Å². The van der Waals surface area contributed by atoms with Crippen LogP contribution < -0.4 is 0 Å². The van der Waals surface area contributed by atoms with Crippen molar-refractivity contribution >= 4 is 54.1 Å². The molecule has 0 aliphatic heterocycles. The second-order valence-corrected chi connectivity index (χ2v) is 10.8. The van der Waals surface area contributed by atoms with Crippen LogP contribution in [0.5, 0.6) is 0 Å². The molecule has 1 heterocycles. The van der Waals surface area contributed by atoms with Gasteiger partial charge in [0.05, 0.1) is 11.0 Å². The highest BCUT2D eigenvalue weighted by molar-refractivity contribution is 6.32. The molecule has 0 unspecified atom stereocenters. The Morgan fingerprint density at radius 1 is 0.415 bits per heavy atom. The Bertz CT molecular complexity index is 2400. The van der Waals surface area contributed by atoms with Gasteiger partial charge in [-0.1, -0.05) is 127 Å². The van der Waals surface area contributed by atoms with Gasteiger partial charge in [-0.3, -0.25) is 4.57 Å². The molecular formula is C39H24N2. The quantitative estimate of drug-likeness (QED) is 0.212. The van der Waals surface area contributed by atoms with Crippen molar-refractivity contribution in [2.75, 3.05) is 0 Å². The van der Waals surface area contributed by atoms with Crippen molar-refractivity contribution in [1.82, 2.24) is 9.55 Å². The van der Waals surface area contributed by atoms with E-state index in [0.717, 1.165) is 28.1 Å². The van der Waals surface area contributed by atoms with Crippen LogP contribution in [-0.4, -0.2) is 9.55 Å². The lowest BCUT2D eigenvalue weighted by molar-refractivity contribution is 1.11. The number of hydrogen-bond donors (Lipinski definition) is 0. The zero-order valence-corrected chi connectivity index (χ0v) is 22.3. The molecule has 190 valence electrons. The summed E-state index contributed by atoms with van der Waals surface area (Å²) in [6.07, 6.45) is 0. The van der Waals surface area contributed by atoms with Gasteiger partial charge in [0, 0.05) is 22.0 Å². The van der Waals surface area contributed by atoms with Crippen LogP contribution in [0.4, 0.5) is 0 Å². The highest BCUT2D eigenvalue weighted by Crippen LogP contribution is 2.43. The summed E-state index contributed by atoms with van der Waals surface area (Å²) >= 11 is 0. The third kappa shape index (κ3) is 3.28. The van der Waals surface area contributed by atoms with Crippen LogP contribution in [0.15, 0.2) is 146 Å². The minimum Gasteiger partial charge on any atom is -0.292 e. The molecule has 0 atom stereocenters. The molecule has 1 aromatic heterocycles. The van der Waals surface area contributed by atoms with Crippen LogP contribution in [0.3, 0.4) is 0 Å². The van der Waals surface area contributed by atoms with E-state index in [1.807, 2.05) is 0 Å². The molecule has 0 aliphatic carbocycles. The van der Waals surface area contributed by atoms with Crippen LogP contribution in [0.1, 0.15) is 0 Å². The maximum Gasteiger partial charge on any atom is 0.145 e. The van der Waals surface area contributed by atoms with Gasteiger partial charge in [-0.25, -0.2) is 4.98 Å². The number of fused-ring (bicyclic) bond motifs is 4. The van der Waals surface area contributed by atoms with Gasteiger partial charge in [0.25, 0.3) is 0 Å². The Morgan fingerprint density at radius 3 is 1.78 bits per heavy atom. The SMILES string of the molecule is c1ccc(-c2ccc(-n3c(-c4ccc5ccccc5c4)nc4c5cccc6ccc7cccc(c7c65)c43)cc2)cc1. The van der Waals surface area contributed by atoms with Gasteiger partial charge < -0.3 is 0 Å². The molecule has 2 nitrogen and oxygen atoms in total. The van der Waals surface area contributed by atoms with Crippen molar-refractivity contribution in [2.24, 2.45) is 0 Å². The third-order valence-electron chi connectivity index (χ3n) is 8.51. The van der Waals surface area contributed by atoms with E-state index < -0.39 is 0 Å². The average molecular weight is 521 g/mol. The molecule has 2 heteroatoms. The Labute approximate surface area is 237 Å². The maximum absolute atomic E-state index is 5.46. The number of benzene rings is 8. The summed E-state index contributed by atoms with van der Waals surface area (Å²) in [5.41, 5.74) is 6.81. The molecule has 9 rings (SSSR count). The van der Waals surface area contributed by atoms with E-state index in [9.17, 15) is 0 Å². The number of nitrogens with zero attached hydrogens (tertiary/aromatic N) is 2. The summed E-state index contributed by atoms with van der Waals surface area (Å²) in [6, 6.07) is 52.4. The van der Waals surface area contributed by atoms with E-state index in [2.05, 4.69) is 150 Å². The van der Waals surface area contributed by atoms with Crippen LogP contribution in [-0.2, 0) is 0 Å². The summed E-state index contributed by atoms with van der Waals surface area (Å²) in [4.78, 5) is 5.46. The lowest BCUT2D eigenvalue weighted by Crippen LogP contribution is -1.98. The molecule has 41 heavy (non-hydrogen) atoms. The summed E-state index contributed by atoms with van der Waals surface area (Å²) in [6.45, 7) is 0. The fourth-order valence-electron chi connectivity index (χ4n) is 6.61. The number of aromatic nitrogens is 2. The van der Waals surface area contributed by atoms with Gasteiger partial charge in [-0.2, -0.15) is 0 Å². The van der Waals surface area contributed by atoms with Crippen molar-refractivity contribution in [2.45, 2.75) is 0 Å². The average Bonchev–Trinajstić information content (AvgIpc) is 3.45. The molecule has 0 bridgehead atoms. The maximum atomic E-state index is 5.46. The second-order valence-electron chi connectivity index (χ2n) is 10.8. The second kappa shape index (κ2) is 8.51. The van der Waals surface area contributed by atoms with E-state index in [-0.39, 0.29) is 0 Å². The molecule has 0 aliphatic rings. The van der Waals surface area contributed by atoms with E-state index in [1.54, 1.807) is 0 Å². The van der Waals surface area contributed by atoms with Crippen molar-refractivity contribution in [1.29, 1.82) is 0 Å². The van der Waals surface area contributed by atoms with Gasteiger partial charge in [-0.15, -0.1) is 0 Å². The van der Waals surface area contributed by atoms with Gasteiger partial charge in [0.15, 0.2) is 0 Å². The van der Waals surface area contributed by atoms with Crippen LogP contribution in [0, 0.1) is 0 Å². The molecule has 0 saturated heterocycles. The van der Waals surface area contributed by atoms with Crippen molar-refractivity contribution in [3.63, 3.8) is 0 Å². The molecule has 0 fully saturated rings. The molecule has 9 aromatic rings. The molecular weight excluding hydrogens is 496 g/mol. The molecule has 0 N–H and O–H groups in total. The number of imidazole rings is 1. The smallest absolute Gasteiger partial charge is 0.145 e. The Morgan fingerprint density at radius 2 is 1.00 bits per heavy atom. The predicted molar refractivity (Wildman–Crippen MR) is 173 cm³/mol. The van der Waals surface area contributed by atoms with Gasteiger partial charge in [0.2, 0.25) is 0 Å². The predicted octanol–water partition coefficient (Wildman–Crippen LogP) is 10.4. The first-order valence-electron chi connectivity index (χ1n) is 14.1. The standard InChI is InChI=1S/C39H24N2/c1-2-8-25(9-3-1)27-20-22-32(23-21-27)41-38-34-15-7-13-29-18-17-28-12-6-14-33(35(28)36(29)34)37(38)40-39(41)31-19-16-26-10-4-5-11-30(26)24-31/h1-24H. The van der Waals surface area contributed by atoms with Crippen molar-refractivity contribution in [3.05, 3.63) is 146 Å². The lowest BCUT2D eigenvalue weighted by Gasteiger charge is -2.15. The van der Waals surface area contributed by atoms with Crippen LogP contribution in [0.25, 0.3) is 82.3 Å². The summed E-state index contributed by atoms with van der Waals surface area (Å²) < 4.78 is 2.37. The molecule has 0 spiro atoms. The molecule has 0 amide bonds. The Balaban J connectivity index is 1.42. The molecule has 8 aromatic carbocycles. The summed E-state index contributed by atoms with van der Waals surface area (Å²) in [5, 5.41) is 9.98. The largest absolute Gasteiger partial charge is 0.292 e. The van der Waals surface area contributed by atoms with Gasteiger partial charge in [-0.05, 0) is 61.6 Å². The summed E-state index contributed by atoms with van der Waals surface area (Å²) in [7, 11) is 0. The van der Waals surface area contributed by atoms with Crippen LogP contribution >= 0.6 is 0 Å². The van der Waals surface area contributed by atoms with Crippen molar-refractivity contribution < 1.29 is 0 Å². The monoisotopic (exact) mass is 520 g/mol. The van der Waals surface area contributed by atoms with Crippen LogP contribution in [0.2, 0.25) is 0 Å².